The molecule has 240 valence electrons. The smallest absolute Gasteiger partial charge is 0.126 e. The van der Waals surface area contributed by atoms with Gasteiger partial charge in [-0.2, -0.15) is 0 Å². The highest BCUT2D eigenvalue weighted by molar-refractivity contribution is 5.41. The van der Waals surface area contributed by atoms with E-state index >= 15 is 0 Å². The highest BCUT2D eigenvalue weighted by atomic mass is 16.5. The highest BCUT2D eigenvalue weighted by Crippen LogP contribution is 2.30. The minimum atomic E-state index is 0.339. The van der Waals surface area contributed by atoms with Gasteiger partial charge in [0.25, 0.3) is 0 Å². The van der Waals surface area contributed by atoms with Crippen LogP contribution in [0.2, 0.25) is 0 Å². The van der Waals surface area contributed by atoms with Crippen LogP contribution in [0.1, 0.15) is 33.4 Å². The first-order valence-corrected chi connectivity index (χ1v) is 16.0. The van der Waals surface area contributed by atoms with Crippen molar-refractivity contribution >= 4 is 0 Å². The predicted octanol–water partition coefficient (Wildman–Crippen LogP) is 9.47. The van der Waals surface area contributed by atoms with E-state index < -0.39 is 0 Å². The van der Waals surface area contributed by atoms with Crippen LogP contribution in [-0.4, -0.2) is 0 Å². The summed E-state index contributed by atoms with van der Waals surface area (Å²) in [5.74, 6) is 4.52. The first kappa shape index (κ1) is 30.8. The molecule has 0 bridgehead atoms. The second-order valence-electron chi connectivity index (χ2n) is 11.4. The van der Waals surface area contributed by atoms with Gasteiger partial charge in [0.1, 0.15) is 74.1 Å². The maximum Gasteiger partial charge on any atom is 0.126 e. The van der Waals surface area contributed by atoms with Crippen molar-refractivity contribution in [3.8, 4) is 34.5 Å². The third kappa shape index (κ3) is 7.56. The summed E-state index contributed by atoms with van der Waals surface area (Å²) in [6, 6.07) is 47.6. The van der Waals surface area contributed by atoms with Gasteiger partial charge in [0.15, 0.2) is 0 Å². The van der Waals surface area contributed by atoms with E-state index in [4.69, 9.17) is 28.4 Å². The second-order valence-corrected chi connectivity index (χ2v) is 11.4. The SMILES string of the molecule is c1ccc2c(c1)COc1ccccc1COc1ccccc1COc1ccccc1COc1ccccc1COc1ccccc1CO2. The predicted molar refractivity (Wildman–Crippen MR) is 185 cm³/mol. The fourth-order valence-corrected chi connectivity index (χ4v) is 5.52. The molecule has 0 spiro atoms. The lowest BCUT2D eigenvalue weighted by Gasteiger charge is -2.18. The summed E-state index contributed by atoms with van der Waals surface area (Å²) < 4.78 is 38.2. The van der Waals surface area contributed by atoms with E-state index in [0.717, 1.165) is 67.9 Å². The molecule has 1 heterocycles. The van der Waals surface area contributed by atoms with Crippen molar-refractivity contribution in [2.45, 2.75) is 39.6 Å². The molecule has 48 heavy (non-hydrogen) atoms. The molecule has 0 N–H and O–H groups in total. The van der Waals surface area contributed by atoms with Crippen molar-refractivity contribution in [1.82, 2.24) is 0 Å². The molecule has 0 saturated heterocycles. The fourth-order valence-electron chi connectivity index (χ4n) is 5.52. The third-order valence-electron chi connectivity index (χ3n) is 8.13. The zero-order chi connectivity index (χ0) is 32.4. The Balaban J connectivity index is 1.19. The molecule has 1 aliphatic rings. The lowest BCUT2D eigenvalue weighted by molar-refractivity contribution is 0.244. The number of hydrogen-bond donors (Lipinski definition) is 0. The molecule has 0 aliphatic carbocycles. The molecule has 6 heteroatoms. The number of ether oxygens (including phenoxy) is 6. The van der Waals surface area contributed by atoms with Crippen molar-refractivity contribution in [3.63, 3.8) is 0 Å². The van der Waals surface area contributed by atoms with Gasteiger partial charge in [0.05, 0.1) is 0 Å². The van der Waals surface area contributed by atoms with Gasteiger partial charge in [-0.1, -0.05) is 109 Å². The summed E-state index contributed by atoms with van der Waals surface area (Å²) in [6.07, 6.45) is 0. The molecule has 0 radical (unpaired) electrons. The molecule has 0 atom stereocenters. The minimum absolute atomic E-state index is 0.339. The van der Waals surface area contributed by atoms with Crippen LogP contribution >= 0.6 is 0 Å². The van der Waals surface area contributed by atoms with Gasteiger partial charge in [0.2, 0.25) is 0 Å². The van der Waals surface area contributed by atoms with Crippen LogP contribution in [0, 0.1) is 0 Å². The van der Waals surface area contributed by atoms with E-state index in [1.165, 1.54) is 0 Å². The van der Waals surface area contributed by atoms with Crippen molar-refractivity contribution in [3.05, 3.63) is 179 Å². The minimum Gasteiger partial charge on any atom is -0.488 e. The van der Waals surface area contributed by atoms with Crippen LogP contribution in [0.4, 0.5) is 0 Å². The van der Waals surface area contributed by atoms with Gasteiger partial charge in [-0.3, -0.25) is 0 Å². The number of rotatable bonds is 0. The van der Waals surface area contributed by atoms with E-state index in [1.54, 1.807) is 0 Å². The van der Waals surface area contributed by atoms with E-state index in [2.05, 4.69) is 0 Å². The van der Waals surface area contributed by atoms with Crippen molar-refractivity contribution < 1.29 is 28.4 Å². The lowest BCUT2D eigenvalue weighted by atomic mass is 10.1. The molecular formula is C42H36O6. The number of para-hydroxylation sites is 6. The van der Waals surface area contributed by atoms with Gasteiger partial charge < -0.3 is 28.4 Å². The first-order chi connectivity index (χ1) is 23.8. The van der Waals surface area contributed by atoms with Gasteiger partial charge in [0, 0.05) is 33.4 Å². The average Bonchev–Trinajstić information content (AvgIpc) is 3.14. The molecule has 6 nitrogen and oxygen atoms in total. The van der Waals surface area contributed by atoms with E-state index in [-0.39, 0.29) is 0 Å². The average molecular weight is 637 g/mol. The summed E-state index contributed by atoms with van der Waals surface area (Å²) in [5, 5.41) is 0. The molecular weight excluding hydrogens is 600 g/mol. The summed E-state index contributed by atoms with van der Waals surface area (Å²) in [5.41, 5.74) is 5.64. The van der Waals surface area contributed by atoms with Gasteiger partial charge >= 0.3 is 0 Å². The van der Waals surface area contributed by atoms with E-state index in [0.29, 0.717) is 39.6 Å². The highest BCUT2D eigenvalue weighted by Gasteiger charge is 2.14. The van der Waals surface area contributed by atoms with Crippen molar-refractivity contribution in [2.24, 2.45) is 0 Å². The van der Waals surface area contributed by atoms with Crippen molar-refractivity contribution in [2.75, 3.05) is 0 Å². The quantitative estimate of drug-likeness (QED) is 0.166. The summed E-state index contributed by atoms with van der Waals surface area (Å²) >= 11 is 0. The Morgan fingerprint density at radius 2 is 0.354 bits per heavy atom. The van der Waals surface area contributed by atoms with E-state index in [9.17, 15) is 0 Å². The molecule has 0 aromatic heterocycles. The molecule has 6 aromatic carbocycles. The normalized spacial score (nSPS) is 13.5. The zero-order valence-electron chi connectivity index (χ0n) is 26.5. The van der Waals surface area contributed by atoms with Gasteiger partial charge in [-0.15, -0.1) is 0 Å². The summed E-state index contributed by atoms with van der Waals surface area (Å²) in [7, 11) is 0. The summed E-state index contributed by atoms with van der Waals surface area (Å²) in [6.45, 7) is 2.04. The monoisotopic (exact) mass is 636 g/mol. The number of hydrogen-bond acceptors (Lipinski definition) is 6. The standard InChI is InChI=1S/C42H36O6/c1-7-19-37-31(13-1)25-43-38-20-8-2-15-33(38)27-45-40-22-10-4-17-35(40)29-47-42-24-12-6-18-36(42)30-48-41-23-11-5-16-34(41)28-46-39-21-9-3-14-32(39)26-44-37/h1-24H,25-30H2. The summed E-state index contributed by atoms with van der Waals surface area (Å²) in [4.78, 5) is 0. The Morgan fingerprint density at radius 3 is 0.521 bits per heavy atom. The largest absolute Gasteiger partial charge is 0.488 e. The van der Waals surface area contributed by atoms with Gasteiger partial charge in [-0.05, 0) is 36.4 Å². The molecule has 0 amide bonds. The molecule has 1 aliphatic heterocycles. The first-order valence-electron chi connectivity index (χ1n) is 16.0. The molecule has 0 saturated carbocycles. The topological polar surface area (TPSA) is 55.4 Å². The lowest BCUT2D eigenvalue weighted by Crippen LogP contribution is -2.07. The van der Waals surface area contributed by atoms with Crippen LogP contribution in [0.15, 0.2) is 146 Å². The Labute approximate surface area is 281 Å². The Kier molecular flexibility index (Phi) is 9.70. The Bertz CT molecular complexity index is 1460. The maximum atomic E-state index is 6.36. The van der Waals surface area contributed by atoms with E-state index in [1.807, 2.05) is 146 Å². The van der Waals surface area contributed by atoms with Crippen LogP contribution < -0.4 is 28.4 Å². The Hall–Kier alpha value is -5.88. The second kappa shape index (κ2) is 15.1. The maximum absolute atomic E-state index is 6.36. The fraction of sp³-hybridized carbons (Fsp3) is 0.143. The van der Waals surface area contributed by atoms with Crippen molar-refractivity contribution in [1.29, 1.82) is 0 Å². The van der Waals surface area contributed by atoms with Gasteiger partial charge in [-0.25, -0.2) is 0 Å². The van der Waals surface area contributed by atoms with Crippen LogP contribution in [-0.2, 0) is 39.6 Å². The van der Waals surface area contributed by atoms with Crippen LogP contribution in [0.25, 0.3) is 0 Å². The van der Waals surface area contributed by atoms with Crippen LogP contribution in [0.5, 0.6) is 34.5 Å². The molecule has 7 rings (SSSR count). The molecule has 6 aromatic rings. The number of benzene rings is 6. The molecule has 0 fully saturated rings. The van der Waals surface area contributed by atoms with Crippen LogP contribution in [0.3, 0.4) is 0 Å². The zero-order valence-corrected chi connectivity index (χ0v) is 26.5. The third-order valence-corrected chi connectivity index (χ3v) is 8.13. The molecule has 0 unspecified atom stereocenters. The Morgan fingerprint density at radius 1 is 0.208 bits per heavy atom. The number of fused-ring (bicyclic) bond motifs is 6.